The first-order valence-electron chi connectivity index (χ1n) is 4.66. The van der Waals surface area contributed by atoms with E-state index in [9.17, 15) is 4.79 Å². The van der Waals surface area contributed by atoms with Crippen molar-refractivity contribution >= 4 is 5.97 Å². The Labute approximate surface area is 81.3 Å². The standard InChI is InChI=1S/C9H12N2O3/c12-8(13)2-1-4-11-6-10-7-3-5-14-9(7)11/h6H,1-5H2,(H,12,13). The topological polar surface area (TPSA) is 64.3 Å². The number of aromatic nitrogens is 2. The minimum atomic E-state index is -0.761. The summed E-state index contributed by atoms with van der Waals surface area (Å²) in [5.74, 6) is 0.0538. The third-order valence-electron chi connectivity index (χ3n) is 2.23. The van der Waals surface area contributed by atoms with Crippen LogP contribution < -0.4 is 4.74 Å². The lowest BCUT2D eigenvalue weighted by molar-refractivity contribution is -0.137. The lowest BCUT2D eigenvalue weighted by Gasteiger charge is -2.04. The SMILES string of the molecule is O=C(O)CCCn1cnc2c1OCC2. The highest BCUT2D eigenvalue weighted by Crippen LogP contribution is 2.23. The molecule has 5 nitrogen and oxygen atoms in total. The third-order valence-corrected chi connectivity index (χ3v) is 2.23. The van der Waals surface area contributed by atoms with Gasteiger partial charge < -0.3 is 14.4 Å². The summed E-state index contributed by atoms with van der Waals surface area (Å²) < 4.78 is 7.26. The smallest absolute Gasteiger partial charge is 0.303 e. The van der Waals surface area contributed by atoms with Gasteiger partial charge >= 0.3 is 5.97 Å². The number of nitrogens with zero attached hydrogens (tertiary/aromatic N) is 2. The summed E-state index contributed by atoms with van der Waals surface area (Å²) >= 11 is 0. The molecule has 0 spiro atoms. The van der Waals surface area contributed by atoms with Gasteiger partial charge in [-0.25, -0.2) is 4.98 Å². The highest BCUT2D eigenvalue weighted by Gasteiger charge is 2.18. The molecule has 5 heteroatoms. The number of fused-ring (bicyclic) bond motifs is 1. The molecule has 1 aromatic rings. The second-order valence-corrected chi connectivity index (χ2v) is 3.29. The molecular formula is C9H12N2O3. The van der Waals surface area contributed by atoms with Crippen LogP contribution in [0, 0.1) is 0 Å². The average molecular weight is 196 g/mol. The van der Waals surface area contributed by atoms with Gasteiger partial charge in [-0.3, -0.25) is 4.79 Å². The van der Waals surface area contributed by atoms with Crippen molar-refractivity contribution in [2.75, 3.05) is 6.61 Å². The predicted molar refractivity (Wildman–Crippen MR) is 48.3 cm³/mol. The van der Waals surface area contributed by atoms with Gasteiger partial charge in [0.2, 0.25) is 5.88 Å². The average Bonchev–Trinajstić information content (AvgIpc) is 2.67. The number of rotatable bonds is 4. The lowest BCUT2D eigenvalue weighted by Crippen LogP contribution is -2.03. The number of carbonyl (C=O) groups is 1. The maximum atomic E-state index is 10.3. The molecule has 0 aliphatic carbocycles. The molecule has 0 amide bonds. The van der Waals surface area contributed by atoms with E-state index in [1.54, 1.807) is 6.33 Å². The van der Waals surface area contributed by atoms with Crippen LogP contribution >= 0.6 is 0 Å². The Hall–Kier alpha value is -1.52. The molecule has 1 aliphatic rings. The van der Waals surface area contributed by atoms with E-state index in [-0.39, 0.29) is 6.42 Å². The quantitative estimate of drug-likeness (QED) is 0.769. The van der Waals surface area contributed by atoms with Crippen LogP contribution in [0.3, 0.4) is 0 Å². The molecule has 0 unspecified atom stereocenters. The summed E-state index contributed by atoms with van der Waals surface area (Å²) in [6.45, 7) is 1.35. The first kappa shape index (κ1) is 9.05. The first-order valence-corrected chi connectivity index (χ1v) is 4.66. The summed E-state index contributed by atoms with van der Waals surface area (Å²) in [6.07, 6.45) is 3.38. The van der Waals surface area contributed by atoms with Crippen molar-refractivity contribution in [2.24, 2.45) is 0 Å². The summed E-state index contributed by atoms with van der Waals surface area (Å²) in [4.78, 5) is 14.5. The highest BCUT2D eigenvalue weighted by atomic mass is 16.5. The van der Waals surface area contributed by atoms with Gasteiger partial charge in [-0.15, -0.1) is 0 Å². The molecule has 0 saturated carbocycles. The molecule has 76 valence electrons. The second kappa shape index (κ2) is 3.69. The molecular weight excluding hydrogens is 184 g/mol. The molecule has 1 N–H and O–H groups in total. The second-order valence-electron chi connectivity index (χ2n) is 3.29. The van der Waals surface area contributed by atoms with Crippen molar-refractivity contribution < 1.29 is 14.6 Å². The van der Waals surface area contributed by atoms with E-state index in [2.05, 4.69) is 4.98 Å². The Balaban J connectivity index is 1.93. The molecule has 0 atom stereocenters. The van der Waals surface area contributed by atoms with Gasteiger partial charge in [-0.1, -0.05) is 0 Å². The molecule has 1 aromatic heterocycles. The number of aliphatic carboxylic acids is 1. The van der Waals surface area contributed by atoms with Gasteiger partial charge in [-0.2, -0.15) is 0 Å². The number of imidazole rings is 1. The maximum absolute atomic E-state index is 10.3. The van der Waals surface area contributed by atoms with Crippen LogP contribution in [0.2, 0.25) is 0 Å². The van der Waals surface area contributed by atoms with Crippen molar-refractivity contribution in [3.63, 3.8) is 0 Å². The zero-order valence-corrected chi connectivity index (χ0v) is 7.77. The zero-order valence-electron chi connectivity index (χ0n) is 7.77. The van der Waals surface area contributed by atoms with Crippen LogP contribution in [-0.2, 0) is 17.8 Å². The number of aryl methyl sites for hydroxylation is 1. The Bertz CT molecular complexity index is 346. The summed E-state index contributed by atoms with van der Waals surface area (Å²) in [5, 5.41) is 8.48. The van der Waals surface area contributed by atoms with Crippen molar-refractivity contribution in [2.45, 2.75) is 25.8 Å². The molecule has 2 heterocycles. The monoisotopic (exact) mass is 196 g/mol. The van der Waals surface area contributed by atoms with Crippen molar-refractivity contribution in [1.29, 1.82) is 0 Å². The largest absolute Gasteiger partial charge is 0.481 e. The van der Waals surface area contributed by atoms with E-state index >= 15 is 0 Å². The van der Waals surface area contributed by atoms with Gasteiger partial charge in [0.15, 0.2) is 0 Å². The van der Waals surface area contributed by atoms with Crippen LogP contribution in [0.1, 0.15) is 18.5 Å². The normalized spacial score (nSPS) is 13.7. The molecule has 14 heavy (non-hydrogen) atoms. The number of ether oxygens (including phenoxy) is 1. The van der Waals surface area contributed by atoms with E-state index < -0.39 is 5.97 Å². The molecule has 1 aliphatic heterocycles. The van der Waals surface area contributed by atoms with Crippen molar-refractivity contribution in [1.82, 2.24) is 9.55 Å². The van der Waals surface area contributed by atoms with Crippen molar-refractivity contribution in [3.8, 4) is 5.88 Å². The zero-order chi connectivity index (χ0) is 9.97. The molecule has 0 radical (unpaired) electrons. The van der Waals surface area contributed by atoms with E-state index in [1.807, 2.05) is 4.57 Å². The molecule has 0 bridgehead atoms. The fourth-order valence-corrected chi connectivity index (χ4v) is 1.55. The number of carboxylic acids is 1. The van der Waals surface area contributed by atoms with Gasteiger partial charge in [0.1, 0.15) is 5.69 Å². The Morgan fingerprint density at radius 2 is 2.57 bits per heavy atom. The molecule has 0 aromatic carbocycles. The Morgan fingerprint density at radius 1 is 1.71 bits per heavy atom. The summed E-state index contributed by atoms with van der Waals surface area (Å²) in [7, 11) is 0. The minimum Gasteiger partial charge on any atom is -0.481 e. The van der Waals surface area contributed by atoms with Gasteiger partial charge in [0, 0.05) is 19.4 Å². The fourth-order valence-electron chi connectivity index (χ4n) is 1.55. The van der Waals surface area contributed by atoms with Gasteiger partial charge in [0.05, 0.1) is 12.9 Å². The molecule has 0 saturated heterocycles. The van der Waals surface area contributed by atoms with Gasteiger partial charge in [-0.05, 0) is 6.42 Å². The summed E-state index contributed by atoms with van der Waals surface area (Å²) in [5.41, 5.74) is 0.986. The third kappa shape index (κ3) is 1.71. The fraction of sp³-hybridized carbons (Fsp3) is 0.556. The van der Waals surface area contributed by atoms with E-state index in [0.29, 0.717) is 19.6 Å². The predicted octanol–water partition coefficient (Wildman–Crippen LogP) is 0.683. The van der Waals surface area contributed by atoms with Crippen LogP contribution in [0.4, 0.5) is 0 Å². The Kier molecular flexibility index (Phi) is 2.39. The van der Waals surface area contributed by atoms with E-state index in [1.165, 1.54) is 0 Å². The van der Waals surface area contributed by atoms with E-state index in [4.69, 9.17) is 9.84 Å². The van der Waals surface area contributed by atoms with E-state index in [0.717, 1.165) is 18.0 Å². The number of hydrogen-bond acceptors (Lipinski definition) is 3. The van der Waals surface area contributed by atoms with Crippen LogP contribution in [0.25, 0.3) is 0 Å². The number of carboxylic acid groups (broad SMARTS) is 1. The number of hydrogen-bond donors (Lipinski definition) is 1. The highest BCUT2D eigenvalue weighted by molar-refractivity contribution is 5.66. The maximum Gasteiger partial charge on any atom is 0.303 e. The van der Waals surface area contributed by atoms with Crippen LogP contribution in [0.5, 0.6) is 5.88 Å². The Morgan fingerprint density at radius 3 is 3.36 bits per heavy atom. The minimum absolute atomic E-state index is 0.187. The molecule has 2 rings (SSSR count). The molecule has 0 fully saturated rings. The first-order chi connectivity index (χ1) is 6.77. The summed E-state index contributed by atoms with van der Waals surface area (Å²) in [6, 6.07) is 0. The van der Waals surface area contributed by atoms with Crippen molar-refractivity contribution in [3.05, 3.63) is 12.0 Å². The lowest BCUT2D eigenvalue weighted by atomic mass is 10.3. The van der Waals surface area contributed by atoms with Gasteiger partial charge in [0.25, 0.3) is 0 Å². The van der Waals surface area contributed by atoms with Crippen LogP contribution in [-0.4, -0.2) is 27.2 Å². The van der Waals surface area contributed by atoms with Crippen LogP contribution in [0.15, 0.2) is 6.33 Å².